The molecule has 0 fully saturated rings. The maximum Gasteiger partial charge on any atom is 0.193 e. The summed E-state index contributed by atoms with van der Waals surface area (Å²) in [6, 6.07) is 29.9. The molecule has 6 rings (SSSR count). The van der Waals surface area contributed by atoms with Gasteiger partial charge in [0.1, 0.15) is 0 Å². The number of fused-ring (bicyclic) bond motifs is 4. The van der Waals surface area contributed by atoms with E-state index in [0.29, 0.717) is 0 Å². The number of rotatable bonds is 8. The molecule has 0 N–H and O–H groups in total. The number of unbranched alkanes of at least 4 members (excludes halogenated alkanes) is 2. The van der Waals surface area contributed by atoms with Gasteiger partial charge in [0.05, 0.1) is 0 Å². The van der Waals surface area contributed by atoms with Gasteiger partial charge in [-0.2, -0.15) is 0 Å². The van der Waals surface area contributed by atoms with Gasteiger partial charge in [-0.05, 0) is 59.4 Å². The summed E-state index contributed by atoms with van der Waals surface area (Å²) in [6.45, 7) is 6.39. The molecular formula is C35H36N2O. The lowest BCUT2D eigenvalue weighted by Crippen LogP contribution is -2.27. The third kappa shape index (κ3) is 4.20. The summed E-state index contributed by atoms with van der Waals surface area (Å²) in [5.41, 5.74) is 11.5. The van der Waals surface area contributed by atoms with Crippen molar-refractivity contribution in [2.24, 2.45) is 0 Å². The average Bonchev–Trinajstić information content (AvgIpc) is 2.96. The zero-order valence-electron chi connectivity index (χ0n) is 22.5. The molecule has 0 aliphatic carbocycles. The van der Waals surface area contributed by atoms with Gasteiger partial charge in [0, 0.05) is 59.8 Å². The molecule has 0 saturated heterocycles. The Bertz CT molecular complexity index is 1380. The molecule has 4 aromatic carbocycles. The number of ketones is 1. The molecule has 2 aliphatic heterocycles. The van der Waals surface area contributed by atoms with E-state index in [1.54, 1.807) is 0 Å². The zero-order chi connectivity index (χ0) is 26.1. The highest BCUT2D eigenvalue weighted by Gasteiger charge is 2.30. The van der Waals surface area contributed by atoms with Crippen LogP contribution >= 0.6 is 0 Å². The van der Waals surface area contributed by atoms with Crippen LogP contribution in [-0.2, 0) is 12.8 Å². The van der Waals surface area contributed by atoms with Crippen LogP contribution < -0.4 is 9.80 Å². The lowest BCUT2D eigenvalue weighted by molar-refractivity contribution is 0.103. The Kier molecular flexibility index (Phi) is 6.76. The molecule has 2 heterocycles. The summed E-state index contributed by atoms with van der Waals surface area (Å²) in [7, 11) is 0. The number of carbonyl (C=O) groups is 1. The zero-order valence-corrected chi connectivity index (χ0v) is 22.5. The van der Waals surface area contributed by atoms with Crippen molar-refractivity contribution in [3.8, 4) is 0 Å². The topological polar surface area (TPSA) is 23.6 Å². The molecule has 4 aromatic rings. The first-order valence-corrected chi connectivity index (χ1v) is 14.2. The number of benzene rings is 4. The van der Waals surface area contributed by atoms with Crippen LogP contribution in [0, 0.1) is 0 Å². The Morgan fingerprint density at radius 1 is 0.579 bits per heavy atom. The van der Waals surface area contributed by atoms with Gasteiger partial charge < -0.3 is 9.80 Å². The highest BCUT2D eigenvalue weighted by Crippen LogP contribution is 2.43. The molecule has 0 spiro atoms. The summed E-state index contributed by atoms with van der Waals surface area (Å²) in [5, 5.41) is 0. The second-order valence-corrected chi connectivity index (χ2v) is 10.6. The molecule has 0 aromatic heterocycles. The van der Waals surface area contributed by atoms with Crippen LogP contribution in [0.1, 0.15) is 77.7 Å². The third-order valence-electron chi connectivity index (χ3n) is 8.14. The van der Waals surface area contributed by atoms with E-state index < -0.39 is 0 Å². The fourth-order valence-electron chi connectivity index (χ4n) is 6.20. The van der Waals surface area contributed by atoms with Gasteiger partial charge in [-0.3, -0.25) is 4.79 Å². The Morgan fingerprint density at radius 3 is 1.45 bits per heavy atom. The maximum absolute atomic E-state index is 14.4. The number of carbonyl (C=O) groups excluding carboxylic acids is 1. The molecule has 0 radical (unpaired) electrons. The molecule has 0 bridgehead atoms. The Labute approximate surface area is 226 Å². The Hall–Kier alpha value is -3.85. The Balaban J connectivity index is 1.44. The van der Waals surface area contributed by atoms with E-state index in [9.17, 15) is 4.79 Å². The van der Waals surface area contributed by atoms with E-state index in [0.717, 1.165) is 73.9 Å². The third-order valence-corrected chi connectivity index (χ3v) is 8.14. The minimum Gasteiger partial charge on any atom is -0.341 e. The van der Waals surface area contributed by atoms with E-state index in [2.05, 4.69) is 96.4 Å². The minimum atomic E-state index is 0.142. The van der Waals surface area contributed by atoms with Gasteiger partial charge in [-0.15, -0.1) is 0 Å². The summed E-state index contributed by atoms with van der Waals surface area (Å²) < 4.78 is 0. The standard InChI is InChI=1S/C35H36N2O/c1-3-5-21-36-31-17-9-7-13-25(31)23-29-27(15-11-19-33(29)36)35(38)28-16-12-20-34-30(28)24-26-14-8-10-18-32(26)37(34)22-6-4-2/h7-20H,3-6,21-24H2,1-2H3. The monoisotopic (exact) mass is 500 g/mol. The maximum atomic E-state index is 14.4. The molecule has 3 heteroatoms. The summed E-state index contributed by atoms with van der Waals surface area (Å²) in [5.74, 6) is 0.142. The van der Waals surface area contributed by atoms with Crippen LogP contribution in [-0.4, -0.2) is 18.9 Å². The predicted molar refractivity (Wildman–Crippen MR) is 159 cm³/mol. The van der Waals surface area contributed by atoms with Crippen LogP contribution in [0.25, 0.3) is 0 Å². The highest BCUT2D eigenvalue weighted by atomic mass is 16.1. The number of hydrogen-bond acceptors (Lipinski definition) is 3. The fourth-order valence-corrected chi connectivity index (χ4v) is 6.20. The second kappa shape index (κ2) is 10.5. The molecule has 192 valence electrons. The van der Waals surface area contributed by atoms with Crippen molar-refractivity contribution in [2.75, 3.05) is 22.9 Å². The quantitative estimate of drug-likeness (QED) is 0.226. The number of anilines is 4. The molecule has 3 nitrogen and oxygen atoms in total. The van der Waals surface area contributed by atoms with E-state index >= 15 is 0 Å². The van der Waals surface area contributed by atoms with Crippen LogP contribution in [0.15, 0.2) is 84.9 Å². The lowest BCUT2D eigenvalue weighted by atomic mass is 9.85. The molecule has 0 saturated carbocycles. The smallest absolute Gasteiger partial charge is 0.193 e. The van der Waals surface area contributed by atoms with E-state index in [-0.39, 0.29) is 5.78 Å². The van der Waals surface area contributed by atoms with Crippen LogP contribution in [0.3, 0.4) is 0 Å². The highest BCUT2D eigenvalue weighted by molar-refractivity contribution is 6.13. The van der Waals surface area contributed by atoms with Crippen molar-refractivity contribution in [3.05, 3.63) is 118 Å². The number of para-hydroxylation sites is 2. The van der Waals surface area contributed by atoms with Crippen LogP contribution in [0.5, 0.6) is 0 Å². The van der Waals surface area contributed by atoms with Crippen LogP contribution in [0.4, 0.5) is 22.7 Å². The van der Waals surface area contributed by atoms with E-state index in [1.807, 2.05) is 12.1 Å². The first kappa shape index (κ1) is 24.5. The lowest BCUT2D eigenvalue weighted by Gasteiger charge is -2.35. The van der Waals surface area contributed by atoms with Crippen molar-refractivity contribution in [1.82, 2.24) is 0 Å². The summed E-state index contributed by atoms with van der Waals surface area (Å²) in [6.07, 6.45) is 6.08. The molecule has 2 aliphatic rings. The molecule has 0 atom stereocenters. The van der Waals surface area contributed by atoms with Gasteiger partial charge in [-0.1, -0.05) is 87.4 Å². The first-order valence-electron chi connectivity index (χ1n) is 14.2. The summed E-state index contributed by atoms with van der Waals surface area (Å²) >= 11 is 0. The number of nitrogens with zero attached hydrogens (tertiary/aromatic N) is 2. The predicted octanol–water partition coefficient (Wildman–Crippen LogP) is 8.60. The SMILES string of the molecule is CCCCN1c2ccccc2Cc2c(C(=O)c3cccc4c3Cc3ccccc3N4CCCC)cccc21. The Morgan fingerprint density at radius 2 is 1.00 bits per heavy atom. The van der Waals surface area contributed by atoms with Crippen molar-refractivity contribution in [3.63, 3.8) is 0 Å². The van der Waals surface area contributed by atoms with Gasteiger partial charge in [-0.25, -0.2) is 0 Å². The molecule has 0 unspecified atom stereocenters. The van der Waals surface area contributed by atoms with Gasteiger partial charge >= 0.3 is 0 Å². The van der Waals surface area contributed by atoms with Crippen LogP contribution in [0.2, 0.25) is 0 Å². The van der Waals surface area contributed by atoms with Gasteiger partial charge in [0.25, 0.3) is 0 Å². The van der Waals surface area contributed by atoms with Gasteiger partial charge in [0.2, 0.25) is 0 Å². The van der Waals surface area contributed by atoms with Crippen molar-refractivity contribution in [2.45, 2.75) is 52.4 Å². The van der Waals surface area contributed by atoms with Gasteiger partial charge in [0.15, 0.2) is 5.78 Å². The normalized spacial score (nSPS) is 13.4. The van der Waals surface area contributed by atoms with Crippen molar-refractivity contribution >= 4 is 28.5 Å². The molecular weight excluding hydrogens is 464 g/mol. The van der Waals surface area contributed by atoms with E-state index in [1.165, 1.54) is 33.9 Å². The molecule has 38 heavy (non-hydrogen) atoms. The number of hydrogen-bond donors (Lipinski definition) is 0. The largest absolute Gasteiger partial charge is 0.341 e. The second-order valence-electron chi connectivity index (χ2n) is 10.6. The average molecular weight is 501 g/mol. The summed E-state index contributed by atoms with van der Waals surface area (Å²) in [4.78, 5) is 19.3. The first-order chi connectivity index (χ1) is 18.7. The fraction of sp³-hybridized carbons (Fsp3) is 0.286. The minimum absolute atomic E-state index is 0.142. The van der Waals surface area contributed by atoms with Crippen molar-refractivity contribution in [1.29, 1.82) is 0 Å². The van der Waals surface area contributed by atoms with Crippen molar-refractivity contribution < 1.29 is 4.79 Å². The molecule has 0 amide bonds. The van der Waals surface area contributed by atoms with E-state index in [4.69, 9.17) is 0 Å².